The highest BCUT2D eigenvalue weighted by Gasteiger charge is 2.22. The van der Waals surface area contributed by atoms with Crippen LogP contribution in [0.25, 0.3) is 28.7 Å². The summed E-state index contributed by atoms with van der Waals surface area (Å²) in [5.41, 5.74) is 5.76. The van der Waals surface area contributed by atoms with Gasteiger partial charge < -0.3 is 9.15 Å². The minimum atomic E-state index is 0.498. The van der Waals surface area contributed by atoms with Gasteiger partial charge in [0.15, 0.2) is 5.76 Å². The molecule has 0 amide bonds. The number of rotatable bonds is 6. The number of ether oxygens (including phenoxy) is 1. The zero-order chi connectivity index (χ0) is 22.5. The van der Waals surface area contributed by atoms with Crippen LogP contribution in [0.15, 0.2) is 94.9 Å². The molecule has 1 atom stereocenters. The van der Waals surface area contributed by atoms with Crippen LogP contribution in [0.4, 0.5) is 0 Å². The first-order valence-electron chi connectivity index (χ1n) is 11.8. The van der Waals surface area contributed by atoms with Gasteiger partial charge in [-0.25, -0.2) is 4.98 Å². The van der Waals surface area contributed by atoms with E-state index in [-0.39, 0.29) is 0 Å². The molecule has 1 heterocycles. The van der Waals surface area contributed by atoms with Crippen LogP contribution in [-0.2, 0) is 6.42 Å². The predicted molar refractivity (Wildman–Crippen MR) is 134 cm³/mol. The van der Waals surface area contributed by atoms with Crippen molar-refractivity contribution in [2.75, 3.05) is 7.11 Å². The Bertz CT molecular complexity index is 1170. The van der Waals surface area contributed by atoms with Gasteiger partial charge in [0.1, 0.15) is 11.4 Å². The minimum Gasteiger partial charge on any atom is -0.497 e. The van der Waals surface area contributed by atoms with E-state index in [2.05, 4.69) is 48.5 Å². The molecule has 0 aliphatic heterocycles. The average molecular weight is 436 g/mol. The lowest BCUT2D eigenvalue weighted by Gasteiger charge is -2.25. The third-order valence-corrected chi connectivity index (χ3v) is 6.44. The average Bonchev–Trinajstić information content (AvgIpc) is 3.30. The summed E-state index contributed by atoms with van der Waals surface area (Å²) < 4.78 is 11.8. The molecule has 1 aliphatic rings. The van der Waals surface area contributed by atoms with Gasteiger partial charge in [0.05, 0.1) is 7.11 Å². The molecule has 1 saturated carbocycles. The molecule has 1 fully saturated rings. The molecule has 0 N–H and O–H groups in total. The summed E-state index contributed by atoms with van der Waals surface area (Å²) in [5.74, 6) is 2.94. The van der Waals surface area contributed by atoms with Gasteiger partial charge in [-0.1, -0.05) is 84.8 Å². The molecule has 1 unspecified atom stereocenters. The normalized spacial score (nSPS) is 17.2. The van der Waals surface area contributed by atoms with Crippen LogP contribution >= 0.6 is 0 Å². The van der Waals surface area contributed by atoms with E-state index in [0.29, 0.717) is 11.8 Å². The molecule has 0 bridgehead atoms. The van der Waals surface area contributed by atoms with Crippen molar-refractivity contribution in [3.05, 3.63) is 102 Å². The van der Waals surface area contributed by atoms with Crippen molar-refractivity contribution in [3.8, 4) is 28.3 Å². The Morgan fingerprint density at radius 2 is 1.67 bits per heavy atom. The van der Waals surface area contributed by atoms with Gasteiger partial charge in [-0.05, 0) is 49.3 Å². The van der Waals surface area contributed by atoms with E-state index >= 15 is 0 Å². The lowest BCUT2D eigenvalue weighted by molar-refractivity contribution is 0.412. The fourth-order valence-corrected chi connectivity index (χ4v) is 4.75. The first-order chi connectivity index (χ1) is 16.3. The first kappa shape index (κ1) is 21.3. The van der Waals surface area contributed by atoms with Gasteiger partial charge >= 0.3 is 0 Å². The fourth-order valence-electron chi connectivity index (χ4n) is 4.75. The minimum absolute atomic E-state index is 0.498. The molecule has 3 heteroatoms. The molecule has 33 heavy (non-hydrogen) atoms. The Kier molecular flexibility index (Phi) is 6.39. The monoisotopic (exact) mass is 435 g/mol. The van der Waals surface area contributed by atoms with Crippen LogP contribution in [0, 0.1) is 5.92 Å². The fraction of sp³-hybridized carbons (Fsp3) is 0.233. The van der Waals surface area contributed by atoms with E-state index < -0.39 is 0 Å². The number of methoxy groups -OCH3 is 1. The van der Waals surface area contributed by atoms with Crippen LogP contribution in [0.3, 0.4) is 0 Å². The Morgan fingerprint density at radius 1 is 0.909 bits per heavy atom. The van der Waals surface area contributed by atoms with Gasteiger partial charge in [-0.3, -0.25) is 0 Å². The molecule has 0 saturated heterocycles. The maximum atomic E-state index is 6.39. The summed E-state index contributed by atoms with van der Waals surface area (Å²) in [7, 11) is 1.72. The van der Waals surface area contributed by atoms with Gasteiger partial charge in [0.25, 0.3) is 0 Å². The number of nitrogens with zero attached hydrogens (tertiary/aromatic N) is 1. The van der Waals surface area contributed by atoms with Crippen LogP contribution in [0.1, 0.15) is 37.1 Å². The zero-order valence-corrected chi connectivity index (χ0v) is 19.0. The smallest absolute Gasteiger partial charge is 0.220 e. The van der Waals surface area contributed by atoms with Crippen molar-refractivity contribution in [1.29, 1.82) is 0 Å². The number of oxazole rings is 1. The molecule has 3 aromatic carbocycles. The molecule has 0 radical (unpaired) electrons. The number of aromatic nitrogens is 1. The van der Waals surface area contributed by atoms with E-state index in [1.807, 2.05) is 42.5 Å². The van der Waals surface area contributed by atoms with E-state index in [1.54, 1.807) is 7.11 Å². The topological polar surface area (TPSA) is 35.3 Å². The molecule has 5 rings (SSSR count). The molecule has 1 aliphatic carbocycles. The highest BCUT2D eigenvalue weighted by molar-refractivity contribution is 5.77. The quantitative estimate of drug-likeness (QED) is 0.309. The maximum absolute atomic E-state index is 6.39. The van der Waals surface area contributed by atoms with Crippen molar-refractivity contribution in [1.82, 2.24) is 4.98 Å². The summed E-state index contributed by atoms with van der Waals surface area (Å²) in [6.45, 7) is 0. The van der Waals surface area contributed by atoms with Crippen LogP contribution in [-0.4, -0.2) is 12.1 Å². The van der Waals surface area contributed by atoms with Crippen molar-refractivity contribution in [2.45, 2.75) is 32.1 Å². The first-order valence-corrected chi connectivity index (χ1v) is 11.8. The SMILES string of the molecule is COc1cccc(CC2CCCC/C2=C\c2nc(-c3ccccc3)c(-c3ccccc3)o2)c1. The Hall–Kier alpha value is -3.59. The summed E-state index contributed by atoms with van der Waals surface area (Å²) in [5, 5.41) is 0. The Balaban J connectivity index is 1.49. The molecule has 0 spiro atoms. The molecule has 1 aromatic heterocycles. The van der Waals surface area contributed by atoms with Gasteiger partial charge in [0, 0.05) is 17.2 Å². The number of allylic oxidation sites excluding steroid dienone is 1. The van der Waals surface area contributed by atoms with Crippen molar-refractivity contribution >= 4 is 6.08 Å². The highest BCUT2D eigenvalue weighted by Crippen LogP contribution is 2.37. The van der Waals surface area contributed by atoms with Gasteiger partial charge in [-0.15, -0.1) is 0 Å². The second-order valence-corrected chi connectivity index (χ2v) is 8.68. The van der Waals surface area contributed by atoms with E-state index in [4.69, 9.17) is 14.1 Å². The van der Waals surface area contributed by atoms with Gasteiger partial charge in [0.2, 0.25) is 5.89 Å². The van der Waals surface area contributed by atoms with Gasteiger partial charge in [-0.2, -0.15) is 0 Å². The van der Waals surface area contributed by atoms with Crippen LogP contribution < -0.4 is 4.74 Å². The second kappa shape index (κ2) is 9.91. The summed E-state index contributed by atoms with van der Waals surface area (Å²) in [4.78, 5) is 4.96. The van der Waals surface area contributed by atoms with Crippen LogP contribution in [0.5, 0.6) is 5.75 Å². The molecular formula is C30H29NO2. The summed E-state index contributed by atoms with van der Waals surface area (Å²) in [6.07, 6.45) is 7.99. The van der Waals surface area contributed by atoms with Crippen LogP contribution in [0.2, 0.25) is 0 Å². The predicted octanol–water partition coefficient (Wildman–Crippen LogP) is 7.83. The molecular weight excluding hydrogens is 406 g/mol. The summed E-state index contributed by atoms with van der Waals surface area (Å²) >= 11 is 0. The second-order valence-electron chi connectivity index (χ2n) is 8.68. The number of benzene rings is 3. The van der Waals surface area contributed by atoms with Crippen molar-refractivity contribution in [2.24, 2.45) is 5.92 Å². The zero-order valence-electron chi connectivity index (χ0n) is 19.0. The molecule has 4 aromatic rings. The number of hydrogen-bond donors (Lipinski definition) is 0. The standard InChI is InChI=1S/C30H29NO2/c1-32-27-18-10-11-22(20-27)19-25-16-8-9-17-26(25)21-28-31-29(23-12-4-2-5-13-23)30(33-28)24-14-6-3-7-15-24/h2-7,10-15,18,20-21,25H,8-9,16-17,19H2,1H3/b26-21+. The van der Waals surface area contributed by atoms with Crippen molar-refractivity contribution < 1.29 is 9.15 Å². The van der Waals surface area contributed by atoms with Crippen molar-refractivity contribution in [3.63, 3.8) is 0 Å². The largest absolute Gasteiger partial charge is 0.497 e. The van der Waals surface area contributed by atoms with E-state index in [1.165, 1.54) is 30.4 Å². The Morgan fingerprint density at radius 3 is 2.42 bits per heavy atom. The molecule has 3 nitrogen and oxygen atoms in total. The lowest BCUT2D eigenvalue weighted by Crippen LogP contribution is -2.13. The highest BCUT2D eigenvalue weighted by atomic mass is 16.5. The molecule has 166 valence electrons. The van der Waals surface area contributed by atoms with E-state index in [9.17, 15) is 0 Å². The summed E-state index contributed by atoms with van der Waals surface area (Å²) in [6, 6.07) is 29.0. The third-order valence-electron chi connectivity index (χ3n) is 6.44. The maximum Gasteiger partial charge on any atom is 0.220 e. The lowest BCUT2D eigenvalue weighted by atomic mass is 9.80. The Labute approximate surface area is 195 Å². The van der Waals surface area contributed by atoms with E-state index in [0.717, 1.165) is 41.2 Å². The number of hydrogen-bond acceptors (Lipinski definition) is 3. The third kappa shape index (κ3) is 4.93.